The molecule has 4 rings (SSSR count). The van der Waals surface area contributed by atoms with Crippen LogP contribution in [0.1, 0.15) is 47.8 Å². The predicted molar refractivity (Wildman–Crippen MR) is 146 cm³/mol. The van der Waals surface area contributed by atoms with Crippen molar-refractivity contribution >= 4 is 23.4 Å². The van der Waals surface area contributed by atoms with Gasteiger partial charge < -0.3 is 29.7 Å². The molecule has 1 atom stereocenters. The molecule has 0 aromatic heterocycles. The van der Waals surface area contributed by atoms with Crippen LogP contribution in [0, 0.1) is 0 Å². The van der Waals surface area contributed by atoms with Crippen LogP contribution in [0.15, 0.2) is 72.8 Å². The maximum atomic E-state index is 14.0. The summed E-state index contributed by atoms with van der Waals surface area (Å²) in [5.74, 6) is 0.402. The van der Waals surface area contributed by atoms with Gasteiger partial charge in [-0.25, -0.2) is 0 Å². The van der Waals surface area contributed by atoms with Gasteiger partial charge in [0, 0.05) is 44.5 Å². The second-order valence-corrected chi connectivity index (χ2v) is 9.03. The van der Waals surface area contributed by atoms with Crippen molar-refractivity contribution in [3.8, 4) is 11.5 Å². The summed E-state index contributed by atoms with van der Waals surface area (Å²) in [7, 11) is 0. The Kier molecular flexibility index (Phi) is 9.53. The van der Waals surface area contributed by atoms with E-state index in [0.29, 0.717) is 54.5 Å². The standard InChI is InChI=1S/C30H33N3O6/c1-3-37-17-7-16-31-29(35)28(23-8-5-4-6-9-23)33(19-22-10-15-26-27(18-22)39-20-38-26)30(36)24-11-13-25(14-12-24)32-21(2)34/h4-6,8-15,18,28H,3,7,16-17,19-20H2,1-2H3,(H,31,35)(H,32,34)/t28-/m1/s1. The van der Waals surface area contributed by atoms with Crippen LogP contribution < -0.4 is 20.1 Å². The summed E-state index contributed by atoms with van der Waals surface area (Å²) in [6, 6.07) is 20.4. The van der Waals surface area contributed by atoms with Crippen molar-refractivity contribution in [2.24, 2.45) is 0 Å². The smallest absolute Gasteiger partial charge is 0.255 e. The van der Waals surface area contributed by atoms with Crippen LogP contribution in [0.5, 0.6) is 11.5 Å². The van der Waals surface area contributed by atoms with E-state index < -0.39 is 6.04 Å². The number of anilines is 1. The lowest BCUT2D eigenvalue weighted by molar-refractivity contribution is -0.126. The van der Waals surface area contributed by atoms with Crippen LogP contribution in [0.25, 0.3) is 0 Å². The Hall–Kier alpha value is -4.37. The summed E-state index contributed by atoms with van der Waals surface area (Å²) in [6.45, 7) is 5.19. The zero-order chi connectivity index (χ0) is 27.6. The van der Waals surface area contributed by atoms with E-state index >= 15 is 0 Å². The second-order valence-electron chi connectivity index (χ2n) is 9.03. The number of fused-ring (bicyclic) bond motifs is 1. The van der Waals surface area contributed by atoms with Crippen LogP contribution in [0.2, 0.25) is 0 Å². The van der Waals surface area contributed by atoms with Gasteiger partial charge in [-0.05, 0) is 60.9 Å². The van der Waals surface area contributed by atoms with Crippen molar-refractivity contribution in [3.05, 3.63) is 89.5 Å². The van der Waals surface area contributed by atoms with Crippen LogP contribution in [0.4, 0.5) is 5.69 Å². The second kappa shape index (κ2) is 13.4. The molecule has 39 heavy (non-hydrogen) atoms. The Balaban J connectivity index is 1.67. The van der Waals surface area contributed by atoms with Gasteiger partial charge >= 0.3 is 0 Å². The average molecular weight is 532 g/mol. The lowest BCUT2D eigenvalue weighted by Crippen LogP contribution is -2.43. The molecular weight excluding hydrogens is 498 g/mol. The third-order valence-corrected chi connectivity index (χ3v) is 6.15. The molecule has 1 aliphatic heterocycles. The molecule has 3 aromatic rings. The van der Waals surface area contributed by atoms with Gasteiger partial charge in [-0.15, -0.1) is 0 Å². The number of rotatable bonds is 12. The van der Waals surface area contributed by atoms with Gasteiger partial charge in [-0.2, -0.15) is 0 Å². The number of carbonyl (C=O) groups is 3. The first-order chi connectivity index (χ1) is 19.0. The highest BCUT2D eigenvalue weighted by Gasteiger charge is 2.32. The summed E-state index contributed by atoms with van der Waals surface area (Å²) in [6.07, 6.45) is 0.655. The highest BCUT2D eigenvalue weighted by Crippen LogP contribution is 2.34. The number of nitrogens with one attached hydrogen (secondary N) is 2. The SMILES string of the molecule is CCOCCCNC(=O)[C@@H](c1ccccc1)N(Cc1ccc2c(c1)OCO2)C(=O)c1ccc(NC(C)=O)cc1. The largest absolute Gasteiger partial charge is 0.454 e. The number of amides is 3. The van der Waals surface area contributed by atoms with E-state index in [2.05, 4.69) is 10.6 Å². The van der Waals surface area contributed by atoms with Crippen molar-refractivity contribution in [2.75, 3.05) is 31.9 Å². The molecule has 3 aromatic carbocycles. The Labute approximate surface area is 228 Å². The van der Waals surface area contributed by atoms with Gasteiger partial charge in [0.2, 0.25) is 18.6 Å². The maximum absolute atomic E-state index is 14.0. The quantitative estimate of drug-likeness (QED) is 0.338. The molecular formula is C30H33N3O6. The summed E-state index contributed by atoms with van der Waals surface area (Å²) >= 11 is 0. The van der Waals surface area contributed by atoms with Crippen molar-refractivity contribution < 1.29 is 28.6 Å². The molecule has 0 unspecified atom stereocenters. The zero-order valence-electron chi connectivity index (χ0n) is 22.1. The summed E-state index contributed by atoms with van der Waals surface area (Å²) in [5.41, 5.74) is 2.43. The molecule has 204 valence electrons. The van der Waals surface area contributed by atoms with E-state index in [1.165, 1.54) is 6.92 Å². The normalized spacial score (nSPS) is 12.5. The Morgan fingerprint density at radius 1 is 0.974 bits per heavy atom. The average Bonchev–Trinajstić information content (AvgIpc) is 3.41. The molecule has 9 nitrogen and oxygen atoms in total. The number of carbonyl (C=O) groups excluding carboxylic acids is 3. The van der Waals surface area contributed by atoms with Gasteiger partial charge in [-0.3, -0.25) is 14.4 Å². The molecule has 0 aliphatic carbocycles. The number of nitrogens with zero attached hydrogens (tertiary/aromatic N) is 1. The molecule has 1 heterocycles. The topological polar surface area (TPSA) is 106 Å². The zero-order valence-corrected chi connectivity index (χ0v) is 22.1. The Bertz CT molecular complexity index is 1280. The summed E-state index contributed by atoms with van der Waals surface area (Å²) < 4.78 is 16.4. The van der Waals surface area contributed by atoms with E-state index in [0.717, 1.165) is 5.56 Å². The van der Waals surface area contributed by atoms with Crippen molar-refractivity contribution in [3.63, 3.8) is 0 Å². The van der Waals surface area contributed by atoms with Gasteiger partial charge in [-0.1, -0.05) is 36.4 Å². The fourth-order valence-electron chi connectivity index (χ4n) is 4.32. The lowest BCUT2D eigenvalue weighted by atomic mass is 10.0. The van der Waals surface area contributed by atoms with E-state index in [-0.39, 0.29) is 31.1 Å². The lowest BCUT2D eigenvalue weighted by Gasteiger charge is -2.32. The molecule has 9 heteroatoms. The minimum absolute atomic E-state index is 0.138. The van der Waals surface area contributed by atoms with Gasteiger partial charge in [0.15, 0.2) is 11.5 Å². The summed E-state index contributed by atoms with van der Waals surface area (Å²) in [4.78, 5) is 40.7. The number of ether oxygens (including phenoxy) is 3. The number of benzene rings is 3. The monoisotopic (exact) mass is 531 g/mol. The first-order valence-corrected chi connectivity index (χ1v) is 12.9. The first kappa shape index (κ1) is 27.7. The predicted octanol–water partition coefficient (Wildman–Crippen LogP) is 4.30. The number of hydrogen-bond acceptors (Lipinski definition) is 6. The van der Waals surface area contributed by atoms with E-state index in [1.807, 2.05) is 49.4 Å². The highest BCUT2D eigenvalue weighted by atomic mass is 16.7. The number of hydrogen-bond donors (Lipinski definition) is 2. The molecule has 0 saturated carbocycles. The van der Waals surface area contributed by atoms with Crippen LogP contribution in [0.3, 0.4) is 0 Å². The highest BCUT2D eigenvalue weighted by molar-refractivity contribution is 5.98. The molecule has 0 radical (unpaired) electrons. The van der Waals surface area contributed by atoms with Gasteiger partial charge in [0.25, 0.3) is 5.91 Å². The Morgan fingerprint density at radius 2 is 1.72 bits per heavy atom. The molecule has 2 N–H and O–H groups in total. The first-order valence-electron chi connectivity index (χ1n) is 12.9. The third kappa shape index (κ3) is 7.36. The van der Waals surface area contributed by atoms with Crippen LogP contribution >= 0.6 is 0 Å². The minimum atomic E-state index is -0.897. The molecule has 0 spiro atoms. The molecule has 0 saturated heterocycles. The van der Waals surface area contributed by atoms with E-state index in [9.17, 15) is 14.4 Å². The van der Waals surface area contributed by atoms with Crippen LogP contribution in [-0.2, 0) is 20.9 Å². The maximum Gasteiger partial charge on any atom is 0.255 e. The van der Waals surface area contributed by atoms with Crippen molar-refractivity contribution in [1.82, 2.24) is 10.2 Å². The van der Waals surface area contributed by atoms with E-state index in [4.69, 9.17) is 14.2 Å². The van der Waals surface area contributed by atoms with E-state index in [1.54, 1.807) is 35.2 Å². The van der Waals surface area contributed by atoms with Gasteiger partial charge in [0.1, 0.15) is 6.04 Å². The minimum Gasteiger partial charge on any atom is -0.454 e. The third-order valence-electron chi connectivity index (χ3n) is 6.15. The fourth-order valence-corrected chi connectivity index (χ4v) is 4.32. The Morgan fingerprint density at radius 3 is 2.44 bits per heavy atom. The van der Waals surface area contributed by atoms with Crippen molar-refractivity contribution in [2.45, 2.75) is 32.9 Å². The summed E-state index contributed by atoms with van der Waals surface area (Å²) in [5, 5.41) is 5.68. The molecule has 1 aliphatic rings. The van der Waals surface area contributed by atoms with Crippen LogP contribution in [-0.4, -0.2) is 49.2 Å². The van der Waals surface area contributed by atoms with Gasteiger partial charge in [0.05, 0.1) is 0 Å². The fraction of sp³-hybridized carbons (Fsp3) is 0.300. The van der Waals surface area contributed by atoms with Crippen molar-refractivity contribution in [1.29, 1.82) is 0 Å². The molecule has 0 bridgehead atoms. The molecule has 0 fully saturated rings. The molecule has 3 amide bonds.